The fourth-order valence-corrected chi connectivity index (χ4v) is 3.31. The monoisotopic (exact) mass is 264 g/mol. The van der Waals surface area contributed by atoms with Crippen LogP contribution in [-0.2, 0) is 11.3 Å². The van der Waals surface area contributed by atoms with E-state index in [1.807, 2.05) is 30.9 Å². The highest BCUT2D eigenvalue weighted by Crippen LogP contribution is 2.38. The lowest BCUT2D eigenvalue weighted by Gasteiger charge is -2.33. The predicted octanol–water partition coefficient (Wildman–Crippen LogP) is 1.22. The van der Waals surface area contributed by atoms with Crippen molar-refractivity contribution in [3.05, 3.63) is 18.0 Å². The van der Waals surface area contributed by atoms with Crippen LogP contribution in [0.5, 0.6) is 0 Å². The van der Waals surface area contributed by atoms with Crippen LogP contribution < -0.4 is 11.1 Å². The molecule has 1 saturated carbocycles. The zero-order chi connectivity index (χ0) is 13.9. The first-order valence-corrected chi connectivity index (χ1v) is 7.12. The molecule has 5 heteroatoms. The fraction of sp³-hybridized carbons (Fsp3) is 0.714. The van der Waals surface area contributed by atoms with Gasteiger partial charge < -0.3 is 11.1 Å². The van der Waals surface area contributed by atoms with Gasteiger partial charge in [-0.05, 0) is 44.2 Å². The van der Waals surface area contributed by atoms with Crippen LogP contribution >= 0.6 is 0 Å². The highest BCUT2D eigenvalue weighted by Gasteiger charge is 2.46. The summed E-state index contributed by atoms with van der Waals surface area (Å²) in [6.45, 7) is 5.68. The largest absolute Gasteiger partial charge is 0.368 e. The molecule has 2 rings (SSSR count). The maximum atomic E-state index is 11.9. The molecule has 2 unspecified atom stereocenters. The van der Waals surface area contributed by atoms with Gasteiger partial charge in [0.25, 0.3) is 0 Å². The Hall–Kier alpha value is -1.36. The number of carbonyl (C=O) groups excluding carboxylic acids is 1. The second kappa shape index (κ2) is 5.74. The van der Waals surface area contributed by atoms with E-state index in [-0.39, 0.29) is 5.91 Å². The molecule has 0 radical (unpaired) electrons. The van der Waals surface area contributed by atoms with Crippen LogP contribution in [0.1, 0.15) is 38.2 Å². The third-order valence-corrected chi connectivity index (χ3v) is 4.22. The van der Waals surface area contributed by atoms with Gasteiger partial charge in [0.15, 0.2) is 0 Å². The summed E-state index contributed by atoms with van der Waals surface area (Å²) in [6.07, 6.45) is 7.83. The average Bonchev–Trinajstić information content (AvgIpc) is 2.94. The lowest BCUT2D eigenvalue weighted by molar-refractivity contribution is -0.126. The number of nitrogens with one attached hydrogen (secondary N) is 1. The van der Waals surface area contributed by atoms with Crippen molar-refractivity contribution < 1.29 is 4.79 Å². The van der Waals surface area contributed by atoms with Gasteiger partial charge in [-0.3, -0.25) is 9.48 Å². The van der Waals surface area contributed by atoms with Crippen molar-refractivity contribution in [1.82, 2.24) is 15.1 Å². The lowest BCUT2D eigenvalue weighted by Crippen LogP contribution is -2.58. The van der Waals surface area contributed by atoms with Crippen molar-refractivity contribution in [2.24, 2.45) is 11.7 Å². The van der Waals surface area contributed by atoms with Crippen LogP contribution in [0.15, 0.2) is 12.4 Å². The van der Waals surface area contributed by atoms with Crippen LogP contribution in [0.3, 0.4) is 0 Å². The topological polar surface area (TPSA) is 72.9 Å². The van der Waals surface area contributed by atoms with Gasteiger partial charge in [0.1, 0.15) is 5.54 Å². The van der Waals surface area contributed by atoms with Gasteiger partial charge in [-0.1, -0.05) is 13.3 Å². The normalized spacial score (nSPS) is 26.7. The number of primary amides is 1. The molecule has 0 spiro atoms. The van der Waals surface area contributed by atoms with Gasteiger partial charge in [0, 0.05) is 12.7 Å². The number of aryl methyl sites for hydroxylation is 2. The Morgan fingerprint density at radius 2 is 2.47 bits per heavy atom. The Bertz CT molecular complexity index is 442. The maximum absolute atomic E-state index is 11.9. The summed E-state index contributed by atoms with van der Waals surface area (Å²) in [7, 11) is 0. The van der Waals surface area contributed by atoms with E-state index in [0.717, 1.165) is 38.8 Å². The third-order valence-electron chi connectivity index (χ3n) is 4.22. The number of hydrogen-bond acceptors (Lipinski definition) is 3. The zero-order valence-corrected chi connectivity index (χ0v) is 11.9. The van der Waals surface area contributed by atoms with E-state index in [1.54, 1.807) is 0 Å². The molecule has 1 fully saturated rings. The molecular formula is C14H24N4O. The van der Waals surface area contributed by atoms with E-state index >= 15 is 0 Å². The number of aromatic nitrogens is 2. The van der Waals surface area contributed by atoms with Gasteiger partial charge in [-0.25, -0.2) is 0 Å². The van der Waals surface area contributed by atoms with E-state index in [0.29, 0.717) is 5.92 Å². The summed E-state index contributed by atoms with van der Waals surface area (Å²) < 4.78 is 1.95. The van der Waals surface area contributed by atoms with E-state index < -0.39 is 5.54 Å². The molecule has 0 aliphatic heterocycles. The Morgan fingerprint density at radius 3 is 3.05 bits per heavy atom. The molecule has 1 amide bonds. The van der Waals surface area contributed by atoms with Gasteiger partial charge >= 0.3 is 0 Å². The minimum Gasteiger partial charge on any atom is -0.368 e. The quantitative estimate of drug-likeness (QED) is 0.811. The van der Waals surface area contributed by atoms with Crippen molar-refractivity contribution in [2.75, 3.05) is 6.54 Å². The molecule has 0 aromatic carbocycles. The molecule has 1 aliphatic rings. The molecule has 1 aliphatic carbocycles. The van der Waals surface area contributed by atoms with Gasteiger partial charge in [0.05, 0.1) is 6.20 Å². The van der Waals surface area contributed by atoms with E-state index in [4.69, 9.17) is 5.73 Å². The molecule has 1 heterocycles. The van der Waals surface area contributed by atoms with Crippen LogP contribution in [-0.4, -0.2) is 27.8 Å². The summed E-state index contributed by atoms with van der Waals surface area (Å²) in [5, 5.41) is 7.64. The number of hydrogen-bond donors (Lipinski definition) is 2. The highest BCUT2D eigenvalue weighted by atomic mass is 16.1. The van der Waals surface area contributed by atoms with E-state index in [9.17, 15) is 4.79 Å². The SMILES string of the molecule is CCNC1(C(N)=O)CCCC1CCn1cc(C)cn1. The molecule has 5 nitrogen and oxygen atoms in total. The van der Waals surface area contributed by atoms with Gasteiger partial charge in [0.2, 0.25) is 5.91 Å². The summed E-state index contributed by atoms with van der Waals surface area (Å²) in [6, 6.07) is 0. The number of likely N-dealkylation sites (N-methyl/N-ethyl adjacent to an activating group) is 1. The number of nitrogens with zero attached hydrogens (tertiary/aromatic N) is 2. The van der Waals surface area contributed by atoms with Crippen LogP contribution in [0.4, 0.5) is 0 Å². The zero-order valence-electron chi connectivity index (χ0n) is 11.9. The Kier molecular flexibility index (Phi) is 4.24. The average molecular weight is 264 g/mol. The van der Waals surface area contributed by atoms with Crippen LogP contribution in [0.2, 0.25) is 0 Å². The summed E-state index contributed by atoms with van der Waals surface area (Å²) in [5.41, 5.74) is 6.32. The highest BCUT2D eigenvalue weighted by molar-refractivity contribution is 5.85. The summed E-state index contributed by atoms with van der Waals surface area (Å²) in [5.74, 6) is 0.114. The van der Waals surface area contributed by atoms with Crippen molar-refractivity contribution >= 4 is 5.91 Å². The van der Waals surface area contributed by atoms with E-state index in [2.05, 4.69) is 10.4 Å². The van der Waals surface area contributed by atoms with Crippen LogP contribution in [0, 0.1) is 12.8 Å². The first-order valence-electron chi connectivity index (χ1n) is 7.12. The van der Waals surface area contributed by atoms with Crippen molar-refractivity contribution in [3.8, 4) is 0 Å². The second-order valence-electron chi connectivity index (χ2n) is 5.52. The second-order valence-corrected chi connectivity index (χ2v) is 5.52. The Balaban J connectivity index is 2.03. The first kappa shape index (κ1) is 14.1. The van der Waals surface area contributed by atoms with Crippen LogP contribution in [0.25, 0.3) is 0 Å². The molecule has 2 atom stereocenters. The maximum Gasteiger partial charge on any atom is 0.238 e. The third kappa shape index (κ3) is 2.81. The molecule has 3 N–H and O–H groups in total. The first-order chi connectivity index (χ1) is 9.08. The van der Waals surface area contributed by atoms with Crippen molar-refractivity contribution in [2.45, 2.75) is 51.6 Å². The predicted molar refractivity (Wildman–Crippen MR) is 74.5 cm³/mol. The molecule has 0 bridgehead atoms. The number of amides is 1. The Morgan fingerprint density at radius 1 is 1.68 bits per heavy atom. The molecular weight excluding hydrogens is 240 g/mol. The van der Waals surface area contributed by atoms with Gasteiger partial charge in [-0.15, -0.1) is 0 Å². The minimum absolute atomic E-state index is 0.200. The number of nitrogens with two attached hydrogens (primary N) is 1. The standard InChI is InChI=1S/C14H24N4O/c1-3-16-14(13(15)19)7-4-5-12(14)6-8-18-10-11(2)9-17-18/h9-10,12,16H,3-8H2,1-2H3,(H2,15,19). The molecule has 19 heavy (non-hydrogen) atoms. The van der Waals surface area contributed by atoms with Crippen molar-refractivity contribution in [3.63, 3.8) is 0 Å². The smallest absolute Gasteiger partial charge is 0.238 e. The number of carbonyl (C=O) groups is 1. The Labute approximate surface area is 114 Å². The molecule has 1 aromatic heterocycles. The molecule has 0 saturated heterocycles. The minimum atomic E-state index is -0.503. The lowest BCUT2D eigenvalue weighted by atomic mass is 9.84. The molecule has 1 aromatic rings. The van der Waals surface area contributed by atoms with E-state index in [1.165, 1.54) is 5.56 Å². The summed E-state index contributed by atoms with van der Waals surface area (Å²) in [4.78, 5) is 11.9. The molecule has 106 valence electrons. The fourth-order valence-electron chi connectivity index (χ4n) is 3.31. The number of rotatable bonds is 6. The van der Waals surface area contributed by atoms with Gasteiger partial charge in [-0.2, -0.15) is 5.10 Å². The summed E-state index contributed by atoms with van der Waals surface area (Å²) >= 11 is 0. The van der Waals surface area contributed by atoms with Crippen molar-refractivity contribution in [1.29, 1.82) is 0 Å².